The lowest BCUT2D eigenvalue weighted by molar-refractivity contribution is -0.132. The molecule has 5 nitrogen and oxygen atoms in total. The number of carbonyl (C=O) groups excluding carboxylic acids is 1. The lowest BCUT2D eigenvalue weighted by Crippen LogP contribution is -2.31. The maximum absolute atomic E-state index is 12.4. The van der Waals surface area contributed by atoms with E-state index in [4.69, 9.17) is 15.2 Å². The summed E-state index contributed by atoms with van der Waals surface area (Å²) in [5.41, 5.74) is 6.86. The van der Waals surface area contributed by atoms with Gasteiger partial charge in [-0.2, -0.15) is 0 Å². The van der Waals surface area contributed by atoms with Gasteiger partial charge in [-0.3, -0.25) is 4.79 Å². The zero-order valence-electron chi connectivity index (χ0n) is 13.7. The van der Waals surface area contributed by atoms with Crippen molar-refractivity contribution in [2.75, 3.05) is 20.8 Å². The van der Waals surface area contributed by atoms with E-state index in [-0.39, 0.29) is 18.0 Å². The van der Waals surface area contributed by atoms with E-state index in [1.54, 1.807) is 14.2 Å². The summed E-state index contributed by atoms with van der Waals surface area (Å²) < 4.78 is 10.6. The van der Waals surface area contributed by atoms with E-state index in [0.717, 1.165) is 31.4 Å². The van der Waals surface area contributed by atoms with E-state index in [9.17, 15) is 4.79 Å². The summed E-state index contributed by atoms with van der Waals surface area (Å²) in [5, 5.41) is 0. The molecule has 0 saturated carbocycles. The molecule has 1 aromatic rings. The van der Waals surface area contributed by atoms with Crippen LogP contribution in [0.15, 0.2) is 18.2 Å². The van der Waals surface area contributed by atoms with Crippen LogP contribution in [0.1, 0.15) is 44.2 Å². The molecule has 22 heavy (non-hydrogen) atoms. The van der Waals surface area contributed by atoms with Crippen molar-refractivity contribution in [1.82, 2.24) is 4.90 Å². The molecule has 0 spiro atoms. The van der Waals surface area contributed by atoms with Gasteiger partial charge in [0, 0.05) is 19.0 Å². The first-order chi connectivity index (χ1) is 10.6. The van der Waals surface area contributed by atoms with Gasteiger partial charge in [-0.05, 0) is 43.9 Å². The topological polar surface area (TPSA) is 64.8 Å². The van der Waals surface area contributed by atoms with Gasteiger partial charge in [0.05, 0.1) is 20.3 Å². The Morgan fingerprint density at radius 2 is 2.09 bits per heavy atom. The number of nitrogens with two attached hydrogens (primary N) is 1. The summed E-state index contributed by atoms with van der Waals surface area (Å²) in [5.74, 6) is 1.60. The minimum absolute atomic E-state index is 0.0612. The smallest absolute Gasteiger partial charge is 0.223 e. The molecule has 122 valence electrons. The third-order valence-electron chi connectivity index (χ3n) is 4.18. The van der Waals surface area contributed by atoms with Crippen LogP contribution in [0.3, 0.4) is 0 Å². The number of nitrogens with zero attached hydrogens (tertiary/aromatic N) is 1. The van der Waals surface area contributed by atoms with E-state index in [2.05, 4.69) is 0 Å². The Labute approximate surface area is 132 Å². The highest BCUT2D eigenvalue weighted by Gasteiger charge is 2.30. The van der Waals surface area contributed by atoms with Crippen LogP contribution >= 0.6 is 0 Å². The highest BCUT2D eigenvalue weighted by atomic mass is 16.5. The average Bonchev–Trinajstić information content (AvgIpc) is 3.01. The molecule has 2 rings (SSSR count). The van der Waals surface area contributed by atoms with Crippen molar-refractivity contribution in [2.45, 2.75) is 44.7 Å². The molecule has 1 heterocycles. The summed E-state index contributed by atoms with van der Waals surface area (Å²) >= 11 is 0. The van der Waals surface area contributed by atoms with E-state index in [1.165, 1.54) is 0 Å². The fourth-order valence-electron chi connectivity index (χ4n) is 2.97. The van der Waals surface area contributed by atoms with Crippen LogP contribution in [0, 0.1) is 0 Å². The number of likely N-dealkylation sites (tertiary alicyclic amines) is 1. The van der Waals surface area contributed by atoms with Crippen LogP contribution in [0.2, 0.25) is 0 Å². The summed E-state index contributed by atoms with van der Waals surface area (Å²) in [7, 11) is 3.25. The average molecular weight is 306 g/mol. The molecule has 1 aliphatic heterocycles. The summed E-state index contributed by atoms with van der Waals surface area (Å²) in [6.07, 6.45) is 3.26. The molecular formula is C17H26N2O3. The summed E-state index contributed by atoms with van der Waals surface area (Å²) in [6.45, 7) is 2.75. The molecule has 1 saturated heterocycles. The number of hydrogen-bond acceptors (Lipinski definition) is 4. The van der Waals surface area contributed by atoms with Gasteiger partial charge >= 0.3 is 0 Å². The molecule has 1 aliphatic rings. The third kappa shape index (κ3) is 3.71. The molecule has 5 heteroatoms. The zero-order valence-corrected chi connectivity index (χ0v) is 13.7. The van der Waals surface area contributed by atoms with E-state index >= 15 is 0 Å². The molecule has 2 unspecified atom stereocenters. The monoisotopic (exact) mass is 306 g/mol. The van der Waals surface area contributed by atoms with Gasteiger partial charge in [0.1, 0.15) is 0 Å². The van der Waals surface area contributed by atoms with E-state index in [0.29, 0.717) is 17.9 Å². The predicted octanol–water partition coefficient (Wildman–Crippen LogP) is 2.49. The quantitative estimate of drug-likeness (QED) is 0.877. The highest BCUT2D eigenvalue weighted by Crippen LogP contribution is 2.37. The number of methoxy groups -OCH3 is 2. The number of rotatable bonds is 6. The second kappa shape index (κ2) is 7.49. The number of hydrogen-bond donors (Lipinski definition) is 1. The van der Waals surface area contributed by atoms with Gasteiger partial charge in [0.25, 0.3) is 0 Å². The first-order valence-corrected chi connectivity index (χ1v) is 7.83. The summed E-state index contributed by atoms with van der Waals surface area (Å²) in [6, 6.07) is 6.08. The second-order valence-electron chi connectivity index (χ2n) is 5.88. The van der Waals surface area contributed by atoms with Crippen LogP contribution in [-0.4, -0.2) is 37.6 Å². The van der Waals surface area contributed by atoms with Crippen molar-refractivity contribution >= 4 is 5.91 Å². The minimum atomic E-state index is 0.0612. The van der Waals surface area contributed by atoms with E-state index < -0.39 is 0 Å². The zero-order chi connectivity index (χ0) is 16.1. The van der Waals surface area contributed by atoms with Crippen LogP contribution in [0.5, 0.6) is 11.5 Å². The van der Waals surface area contributed by atoms with Gasteiger partial charge < -0.3 is 20.1 Å². The van der Waals surface area contributed by atoms with Gasteiger partial charge in [-0.15, -0.1) is 0 Å². The van der Waals surface area contributed by atoms with Gasteiger partial charge in [-0.1, -0.05) is 6.07 Å². The third-order valence-corrected chi connectivity index (χ3v) is 4.18. The van der Waals surface area contributed by atoms with Crippen molar-refractivity contribution in [3.05, 3.63) is 23.8 Å². The SMILES string of the molecule is COc1ccc(C2CCCN2C(=O)CCC(C)N)cc1OC. The molecule has 1 fully saturated rings. The molecule has 0 radical (unpaired) electrons. The Kier molecular flexibility index (Phi) is 5.66. The van der Waals surface area contributed by atoms with Crippen molar-refractivity contribution in [3.63, 3.8) is 0 Å². The number of amides is 1. The van der Waals surface area contributed by atoms with Gasteiger partial charge in [0.2, 0.25) is 5.91 Å². The Hall–Kier alpha value is -1.75. The predicted molar refractivity (Wildman–Crippen MR) is 86.1 cm³/mol. The fourth-order valence-corrected chi connectivity index (χ4v) is 2.97. The van der Waals surface area contributed by atoms with Crippen molar-refractivity contribution < 1.29 is 14.3 Å². The second-order valence-corrected chi connectivity index (χ2v) is 5.88. The normalized spacial score (nSPS) is 19.1. The van der Waals surface area contributed by atoms with Crippen LogP contribution in [0.25, 0.3) is 0 Å². The number of ether oxygens (including phenoxy) is 2. The fraction of sp³-hybridized carbons (Fsp3) is 0.588. The lowest BCUT2D eigenvalue weighted by atomic mass is 10.0. The minimum Gasteiger partial charge on any atom is -0.493 e. The Morgan fingerprint density at radius 3 is 2.73 bits per heavy atom. The number of benzene rings is 1. The molecule has 1 amide bonds. The lowest BCUT2D eigenvalue weighted by Gasteiger charge is -2.26. The largest absolute Gasteiger partial charge is 0.493 e. The molecule has 2 atom stereocenters. The maximum atomic E-state index is 12.4. The first kappa shape index (κ1) is 16.6. The first-order valence-electron chi connectivity index (χ1n) is 7.83. The Balaban J connectivity index is 2.14. The molecule has 1 aromatic carbocycles. The maximum Gasteiger partial charge on any atom is 0.223 e. The Morgan fingerprint density at radius 1 is 1.36 bits per heavy atom. The van der Waals surface area contributed by atoms with Crippen molar-refractivity contribution in [3.8, 4) is 11.5 Å². The highest BCUT2D eigenvalue weighted by molar-refractivity contribution is 5.77. The Bertz CT molecular complexity index is 517. The van der Waals surface area contributed by atoms with Crippen LogP contribution < -0.4 is 15.2 Å². The van der Waals surface area contributed by atoms with Crippen LogP contribution in [0.4, 0.5) is 0 Å². The van der Waals surface area contributed by atoms with Crippen molar-refractivity contribution in [2.24, 2.45) is 5.73 Å². The molecule has 0 aliphatic carbocycles. The van der Waals surface area contributed by atoms with Crippen LogP contribution in [-0.2, 0) is 4.79 Å². The standard InChI is InChI=1S/C17H26N2O3/c1-12(18)6-9-17(20)19-10-4-5-14(19)13-7-8-15(21-2)16(11-13)22-3/h7-8,11-12,14H,4-6,9-10,18H2,1-3H3. The van der Waals surface area contributed by atoms with Crippen molar-refractivity contribution in [1.29, 1.82) is 0 Å². The van der Waals surface area contributed by atoms with Gasteiger partial charge in [0.15, 0.2) is 11.5 Å². The molecule has 0 bridgehead atoms. The summed E-state index contributed by atoms with van der Waals surface area (Å²) in [4.78, 5) is 14.4. The number of carbonyl (C=O) groups is 1. The van der Waals surface area contributed by atoms with Gasteiger partial charge in [-0.25, -0.2) is 0 Å². The molecule has 0 aromatic heterocycles. The molecular weight excluding hydrogens is 280 g/mol. The van der Waals surface area contributed by atoms with E-state index in [1.807, 2.05) is 30.0 Å². The molecule has 2 N–H and O–H groups in total.